The lowest BCUT2D eigenvalue weighted by molar-refractivity contribution is -0.142. The summed E-state index contributed by atoms with van der Waals surface area (Å²) in [6.45, 7) is 2.91. The van der Waals surface area contributed by atoms with E-state index in [1.165, 1.54) is 0 Å². The molecule has 144 valence electrons. The summed E-state index contributed by atoms with van der Waals surface area (Å²) in [5, 5.41) is 18.5. The van der Waals surface area contributed by atoms with Crippen LogP contribution in [0.1, 0.15) is 64.7 Å². The molecule has 0 aromatic rings. The van der Waals surface area contributed by atoms with E-state index in [9.17, 15) is 14.7 Å². The van der Waals surface area contributed by atoms with E-state index in [0.717, 1.165) is 51.4 Å². The zero-order valence-electron chi connectivity index (χ0n) is 15.4. The molecule has 0 radical (unpaired) electrons. The van der Waals surface area contributed by atoms with E-state index in [1.807, 2.05) is 17.1 Å². The van der Waals surface area contributed by atoms with Crippen LogP contribution in [0.25, 0.3) is 0 Å². The molecule has 2 atom stereocenters. The van der Waals surface area contributed by atoms with Gasteiger partial charge in [0, 0.05) is 19.6 Å². The first-order valence-electron chi connectivity index (χ1n) is 9.50. The highest BCUT2D eigenvalue weighted by atomic mass is 16.5. The minimum absolute atomic E-state index is 0.0574. The van der Waals surface area contributed by atoms with Gasteiger partial charge in [-0.3, -0.25) is 4.79 Å². The van der Waals surface area contributed by atoms with Gasteiger partial charge in [0.2, 0.25) is 5.91 Å². The molecule has 0 bridgehead atoms. The van der Waals surface area contributed by atoms with Crippen molar-refractivity contribution in [1.29, 1.82) is 0 Å². The Morgan fingerprint density at radius 2 is 2.16 bits per heavy atom. The van der Waals surface area contributed by atoms with Gasteiger partial charge in [-0.15, -0.1) is 0 Å². The van der Waals surface area contributed by atoms with E-state index in [2.05, 4.69) is 6.92 Å². The predicted molar refractivity (Wildman–Crippen MR) is 96.3 cm³/mol. The van der Waals surface area contributed by atoms with Crippen LogP contribution in [0, 0.1) is 0 Å². The minimum Gasteiger partial charge on any atom is -0.480 e. The van der Waals surface area contributed by atoms with Gasteiger partial charge in [0.15, 0.2) is 0 Å². The van der Waals surface area contributed by atoms with Gasteiger partial charge < -0.3 is 19.8 Å². The molecule has 1 saturated heterocycles. The average Bonchev–Trinajstić information content (AvgIpc) is 2.57. The molecular weight excluding hydrogens is 322 g/mol. The first-order valence-corrected chi connectivity index (χ1v) is 9.50. The monoisotopic (exact) mass is 355 g/mol. The Balaban J connectivity index is 2.36. The standard InChI is InChI=1S/C19H33NO5/c1-2-3-4-9-17(21)12-11-16-8-7-10-18(22)20(16)13-5-6-14-25-15-19(23)24/h11-12,16-17,21H,2-10,13-15H2,1H3,(H,23,24)/b12-11+/t16-,17?/m1/s1. The Bertz CT molecular complexity index is 424. The molecule has 0 aromatic heterocycles. The van der Waals surface area contributed by atoms with E-state index in [-0.39, 0.29) is 18.6 Å². The molecule has 1 rings (SSSR count). The van der Waals surface area contributed by atoms with Crippen LogP contribution in [0.3, 0.4) is 0 Å². The third-order valence-corrected chi connectivity index (χ3v) is 4.43. The summed E-state index contributed by atoms with van der Waals surface area (Å²) in [7, 11) is 0. The van der Waals surface area contributed by atoms with Gasteiger partial charge in [-0.1, -0.05) is 38.3 Å². The number of hydrogen-bond donors (Lipinski definition) is 2. The molecule has 1 fully saturated rings. The number of aliphatic hydroxyl groups excluding tert-OH is 1. The summed E-state index contributed by atoms with van der Waals surface area (Å²) in [5.74, 6) is -0.804. The summed E-state index contributed by atoms with van der Waals surface area (Å²) in [6, 6.07) is 0.0574. The number of piperidine rings is 1. The molecule has 1 amide bonds. The van der Waals surface area contributed by atoms with Crippen molar-refractivity contribution in [3.05, 3.63) is 12.2 Å². The number of carboxylic acids is 1. The van der Waals surface area contributed by atoms with Crippen LogP contribution in [0.4, 0.5) is 0 Å². The largest absolute Gasteiger partial charge is 0.480 e. The van der Waals surface area contributed by atoms with Gasteiger partial charge in [0.1, 0.15) is 6.61 Å². The predicted octanol–water partition coefficient (Wildman–Crippen LogP) is 2.75. The fourth-order valence-electron chi connectivity index (χ4n) is 3.04. The first-order chi connectivity index (χ1) is 12.0. The number of amides is 1. The molecule has 6 nitrogen and oxygen atoms in total. The van der Waals surface area contributed by atoms with Crippen molar-refractivity contribution in [1.82, 2.24) is 4.90 Å². The van der Waals surface area contributed by atoms with Crippen molar-refractivity contribution >= 4 is 11.9 Å². The Hall–Kier alpha value is -1.40. The molecule has 0 spiro atoms. The SMILES string of the molecule is CCCCCC(O)/C=C/[C@H]1CCCC(=O)N1CCCCOCC(=O)O. The second kappa shape index (κ2) is 12.9. The number of nitrogens with zero attached hydrogens (tertiary/aromatic N) is 1. The van der Waals surface area contributed by atoms with Crippen molar-refractivity contribution < 1.29 is 24.5 Å². The lowest BCUT2D eigenvalue weighted by atomic mass is 9.99. The number of unbranched alkanes of at least 4 members (excludes halogenated alkanes) is 3. The zero-order chi connectivity index (χ0) is 18.5. The van der Waals surface area contributed by atoms with Gasteiger partial charge in [-0.25, -0.2) is 4.79 Å². The number of ether oxygens (including phenoxy) is 1. The molecule has 0 aromatic carbocycles. The van der Waals surface area contributed by atoms with Gasteiger partial charge in [0.05, 0.1) is 12.1 Å². The Morgan fingerprint density at radius 1 is 1.36 bits per heavy atom. The summed E-state index contributed by atoms with van der Waals surface area (Å²) in [6.07, 6.45) is 11.3. The second-order valence-electron chi connectivity index (χ2n) is 6.65. The van der Waals surface area contributed by atoms with E-state index >= 15 is 0 Å². The third kappa shape index (κ3) is 9.60. The Morgan fingerprint density at radius 3 is 2.88 bits per heavy atom. The molecule has 1 aliphatic rings. The Labute approximate surface area is 150 Å². The van der Waals surface area contributed by atoms with Crippen molar-refractivity contribution in [2.45, 2.75) is 76.9 Å². The molecule has 0 saturated carbocycles. The van der Waals surface area contributed by atoms with Crippen LogP contribution in [0.15, 0.2) is 12.2 Å². The van der Waals surface area contributed by atoms with Crippen LogP contribution in [0.5, 0.6) is 0 Å². The average molecular weight is 355 g/mol. The molecule has 1 unspecified atom stereocenters. The summed E-state index contributed by atoms with van der Waals surface area (Å²) in [5.41, 5.74) is 0. The number of carbonyl (C=O) groups is 2. The number of aliphatic carboxylic acids is 1. The van der Waals surface area contributed by atoms with Gasteiger partial charge in [-0.2, -0.15) is 0 Å². The fraction of sp³-hybridized carbons (Fsp3) is 0.789. The quantitative estimate of drug-likeness (QED) is 0.392. The molecule has 25 heavy (non-hydrogen) atoms. The molecule has 6 heteroatoms. The van der Waals surface area contributed by atoms with E-state index in [4.69, 9.17) is 9.84 Å². The number of likely N-dealkylation sites (tertiary alicyclic amines) is 1. The topological polar surface area (TPSA) is 87.1 Å². The first kappa shape index (κ1) is 21.6. The maximum atomic E-state index is 12.2. The molecule has 0 aliphatic carbocycles. The van der Waals surface area contributed by atoms with E-state index in [0.29, 0.717) is 19.6 Å². The maximum absolute atomic E-state index is 12.2. The van der Waals surface area contributed by atoms with Crippen LogP contribution in [-0.4, -0.2) is 58.9 Å². The number of carbonyl (C=O) groups excluding carboxylic acids is 1. The van der Waals surface area contributed by atoms with Gasteiger partial charge in [0.25, 0.3) is 0 Å². The molecule has 1 heterocycles. The van der Waals surface area contributed by atoms with Crippen molar-refractivity contribution in [3.63, 3.8) is 0 Å². The molecular formula is C19H33NO5. The summed E-state index contributed by atoms with van der Waals surface area (Å²) < 4.78 is 5.01. The highest BCUT2D eigenvalue weighted by molar-refractivity contribution is 5.77. The highest BCUT2D eigenvalue weighted by Gasteiger charge is 2.25. The van der Waals surface area contributed by atoms with Crippen LogP contribution >= 0.6 is 0 Å². The van der Waals surface area contributed by atoms with Crippen molar-refractivity contribution in [3.8, 4) is 0 Å². The van der Waals surface area contributed by atoms with Gasteiger partial charge >= 0.3 is 5.97 Å². The van der Waals surface area contributed by atoms with Crippen LogP contribution in [-0.2, 0) is 14.3 Å². The van der Waals surface area contributed by atoms with Gasteiger partial charge in [-0.05, 0) is 32.1 Å². The van der Waals surface area contributed by atoms with E-state index < -0.39 is 12.1 Å². The summed E-state index contributed by atoms with van der Waals surface area (Å²) >= 11 is 0. The third-order valence-electron chi connectivity index (χ3n) is 4.43. The smallest absolute Gasteiger partial charge is 0.329 e. The Kier molecular flexibility index (Phi) is 11.2. The zero-order valence-corrected chi connectivity index (χ0v) is 15.4. The highest BCUT2D eigenvalue weighted by Crippen LogP contribution is 2.20. The van der Waals surface area contributed by atoms with Crippen molar-refractivity contribution in [2.75, 3.05) is 19.8 Å². The minimum atomic E-state index is -0.964. The fourth-order valence-corrected chi connectivity index (χ4v) is 3.04. The maximum Gasteiger partial charge on any atom is 0.329 e. The molecule has 1 aliphatic heterocycles. The van der Waals surface area contributed by atoms with Crippen LogP contribution in [0.2, 0.25) is 0 Å². The van der Waals surface area contributed by atoms with Crippen LogP contribution < -0.4 is 0 Å². The lowest BCUT2D eigenvalue weighted by Gasteiger charge is -2.34. The lowest BCUT2D eigenvalue weighted by Crippen LogP contribution is -2.43. The van der Waals surface area contributed by atoms with E-state index in [1.54, 1.807) is 0 Å². The summed E-state index contributed by atoms with van der Waals surface area (Å²) in [4.78, 5) is 24.4. The molecule has 2 N–H and O–H groups in total. The number of rotatable bonds is 13. The number of carboxylic acid groups (broad SMARTS) is 1. The number of hydrogen-bond acceptors (Lipinski definition) is 4. The normalized spacial score (nSPS) is 19.5. The second-order valence-corrected chi connectivity index (χ2v) is 6.65. The van der Waals surface area contributed by atoms with Crippen molar-refractivity contribution in [2.24, 2.45) is 0 Å². The number of aliphatic hydroxyl groups is 1.